The van der Waals surface area contributed by atoms with Gasteiger partial charge in [0.05, 0.1) is 16.8 Å². The van der Waals surface area contributed by atoms with E-state index in [1.807, 2.05) is 6.92 Å². The Hall–Kier alpha value is -2.69. The monoisotopic (exact) mass is 304 g/mol. The molecule has 0 aliphatic heterocycles. The molecule has 3 heterocycles. The summed E-state index contributed by atoms with van der Waals surface area (Å²) in [4.78, 5) is 8.25. The molecule has 0 atom stereocenters. The van der Waals surface area contributed by atoms with Crippen LogP contribution in [-0.2, 0) is 0 Å². The third-order valence-electron chi connectivity index (χ3n) is 4.62. The fraction of sp³-hybridized carbons (Fsp3) is 0.278. The summed E-state index contributed by atoms with van der Waals surface area (Å²) in [5, 5.41) is 10.4. The zero-order chi connectivity index (χ0) is 15.6. The van der Waals surface area contributed by atoms with Crippen LogP contribution < -0.4 is 0 Å². The van der Waals surface area contributed by atoms with E-state index in [4.69, 9.17) is 9.40 Å². The number of benzene rings is 1. The molecule has 1 aromatic carbocycles. The molecular weight excluding hydrogens is 288 g/mol. The molecule has 1 aliphatic carbocycles. The van der Waals surface area contributed by atoms with Gasteiger partial charge in [0.1, 0.15) is 5.65 Å². The summed E-state index contributed by atoms with van der Waals surface area (Å²) < 4.78 is 5.59. The van der Waals surface area contributed by atoms with Gasteiger partial charge in [-0.2, -0.15) is 0 Å². The number of aromatic amines is 1. The number of hydrogen-bond donors (Lipinski definition) is 1. The van der Waals surface area contributed by atoms with E-state index in [0.717, 1.165) is 22.3 Å². The third-order valence-corrected chi connectivity index (χ3v) is 4.62. The summed E-state index contributed by atoms with van der Waals surface area (Å²) in [6.45, 7) is 3.77. The Labute approximate surface area is 132 Å². The summed E-state index contributed by atoms with van der Waals surface area (Å²) in [6.07, 6.45) is 2.57. The van der Waals surface area contributed by atoms with Gasteiger partial charge in [-0.15, -0.1) is 10.2 Å². The van der Waals surface area contributed by atoms with Crippen LogP contribution >= 0.6 is 0 Å². The standard InChI is InChI=1S/C18H16N4O/c1-9-14(18-22-21-10(2)23-18)8-15-13-5-3-4-12(11-6-7-11)16(13)20-17(15)19-9/h3-5,8,11H,6-7H2,1-2H3,(H,19,20). The molecule has 114 valence electrons. The van der Waals surface area contributed by atoms with Crippen LogP contribution in [0, 0.1) is 13.8 Å². The number of hydrogen-bond acceptors (Lipinski definition) is 4. The van der Waals surface area contributed by atoms with E-state index in [1.54, 1.807) is 6.92 Å². The van der Waals surface area contributed by atoms with Crippen LogP contribution in [0.1, 0.15) is 35.9 Å². The average Bonchev–Trinajstić information content (AvgIpc) is 3.20. The number of H-pyrrole nitrogens is 1. The number of fused-ring (bicyclic) bond motifs is 3. The fourth-order valence-electron chi connectivity index (χ4n) is 3.31. The van der Waals surface area contributed by atoms with Crippen molar-refractivity contribution in [2.24, 2.45) is 0 Å². The van der Waals surface area contributed by atoms with Gasteiger partial charge in [-0.25, -0.2) is 4.98 Å². The number of aromatic nitrogens is 4. The van der Waals surface area contributed by atoms with Crippen molar-refractivity contribution in [3.63, 3.8) is 0 Å². The maximum atomic E-state index is 5.59. The summed E-state index contributed by atoms with van der Waals surface area (Å²) in [6, 6.07) is 8.63. The van der Waals surface area contributed by atoms with Crippen LogP contribution in [0.25, 0.3) is 33.4 Å². The number of rotatable bonds is 2. The summed E-state index contributed by atoms with van der Waals surface area (Å²) in [7, 11) is 0. The molecule has 0 saturated heterocycles. The van der Waals surface area contributed by atoms with Gasteiger partial charge < -0.3 is 9.40 Å². The predicted octanol–water partition coefficient (Wildman–Crippen LogP) is 4.26. The highest BCUT2D eigenvalue weighted by Crippen LogP contribution is 2.44. The molecule has 1 saturated carbocycles. The second-order valence-corrected chi connectivity index (χ2v) is 6.31. The summed E-state index contributed by atoms with van der Waals surface area (Å²) in [5.41, 5.74) is 5.34. The fourth-order valence-corrected chi connectivity index (χ4v) is 3.31. The number of para-hydroxylation sites is 1. The van der Waals surface area contributed by atoms with Gasteiger partial charge in [-0.3, -0.25) is 0 Å². The number of nitrogens with one attached hydrogen (secondary N) is 1. The second kappa shape index (κ2) is 4.41. The van der Waals surface area contributed by atoms with E-state index in [-0.39, 0.29) is 0 Å². The highest BCUT2D eigenvalue weighted by atomic mass is 16.4. The Balaban J connectivity index is 1.81. The topological polar surface area (TPSA) is 67.6 Å². The molecule has 1 aliphatic rings. The first-order valence-corrected chi connectivity index (χ1v) is 7.93. The van der Waals surface area contributed by atoms with Crippen LogP contribution in [0.15, 0.2) is 28.7 Å². The van der Waals surface area contributed by atoms with Gasteiger partial charge in [0.15, 0.2) is 0 Å². The zero-order valence-electron chi connectivity index (χ0n) is 13.1. The highest BCUT2D eigenvalue weighted by molar-refractivity contribution is 6.08. The molecule has 1 fully saturated rings. The van der Waals surface area contributed by atoms with Crippen molar-refractivity contribution < 1.29 is 4.42 Å². The SMILES string of the molecule is Cc1nnc(-c2cc3c(nc2C)[nH]c2c(C4CC4)cccc23)o1. The maximum Gasteiger partial charge on any atom is 0.249 e. The number of pyridine rings is 1. The van der Waals surface area contributed by atoms with Gasteiger partial charge in [0, 0.05) is 17.7 Å². The quantitative estimate of drug-likeness (QED) is 0.601. The molecule has 1 N–H and O–H groups in total. The van der Waals surface area contributed by atoms with E-state index in [9.17, 15) is 0 Å². The van der Waals surface area contributed by atoms with Crippen molar-refractivity contribution in [3.8, 4) is 11.5 Å². The molecule has 23 heavy (non-hydrogen) atoms. The maximum absolute atomic E-state index is 5.59. The Morgan fingerprint density at radius 2 is 2.00 bits per heavy atom. The van der Waals surface area contributed by atoms with Gasteiger partial charge in [0.2, 0.25) is 11.8 Å². The number of aryl methyl sites for hydroxylation is 2. The van der Waals surface area contributed by atoms with Gasteiger partial charge >= 0.3 is 0 Å². The minimum atomic E-state index is 0.530. The minimum absolute atomic E-state index is 0.530. The van der Waals surface area contributed by atoms with Crippen molar-refractivity contribution in [3.05, 3.63) is 41.4 Å². The van der Waals surface area contributed by atoms with Crippen LogP contribution in [0.5, 0.6) is 0 Å². The van der Waals surface area contributed by atoms with Crippen LogP contribution in [0.4, 0.5) is 0 Å². The lowest BCUT2D eigenvalue weighted by atomic mass is 10.1. The molecule has 4 aromatic rings. The zero-order valence-corrected chi connectivity index (χ0v) is 13.1. The minimum Gasteiger partial charge on any atom is -0.421 e. The lowest BCUT2D eigenvalue weighted by Gasteiger charge is -2.01. The molecule has 3 aromatic heterocycles. The molecule has 0 bridgehead atoms. The molecule has 0 spiro atoms. The smallest absolute Gasteiger partial charge is 0.249 e. The average molecular weight is 304 g/mol. The normalized spacial score (nSPS) is 14.9. The van der Waals surface area contributed by atoms with E-state index in [0.29, 0.717) is 17.7 Å². The van der Waals surface area contributed by atoms with Gasteiger partial charge in [-0.1, -0.05) is 18.2 Å². The van der Waals surface area contributed by atoms with Crippen LogP contribution in [0.2, 0.25) is 0 Å². The second-order valence-electron chi connectivity index (χ2n) is 6.31. The first kappa shape index (κ1) is 12.8. The van der Waals surface area contributed by atoms with Gasteiger partial charge in [-0.05, 0) is 37.3 Å². The van der Waals surface area contributed by atoms with Crippen molar-refractivity contribution in [2.45, 2.75) is 32.6 Å². The third kappa shape index (κ3) is 1.89. The lowest BCUT2D eigenvalue weighted by molar-refractivity contribution is 0.532. The van der Waals surface area contributed by atoms with Gasteiger partial charge in [0.25, 0.3) is 0 Å². The first-order valence-electron chi connectivity index (χ1n) is 7.93. The molecule has 0 radical (unpaired) electrons. The van der Waals surface area contributed by atoms with E-state index in [1.165, 1.54) is 29.3 Å². The number of nitrogens with zero attached hydrogens (tertiary/aromatic N) is 3. The molecule has 5 rings (SSSR count). The van der Waals surface area contributed by atoms with Crippen molar-refractivity contribution in [2.75, 3.05) is 0 Å². The highest BCUT2D eigenvalue weighted by Gasteiger charge is 2.26. The Kier molecular flexibility index (Phi) is 2.46. The molecular formula is C18H16N4O. The predicted molar refractivity (Wildman–Crippen MR) is 88.3 cm³/mol. The van der Waals surface area contributed by atoms with Crippen LogP contribution in [0.3, 0.4) is 0 Å². The summed E-state index contributed by atoms with van der Waals surface area (Å²) >= 11 is 0. The van der Waals surface area contributed by atoms with E-state index < -0.39 is 0 Å². The molecule has 5 nitrogen and oxygen atoms in total. The van der Waals surface area contributed by atoms with E-state index >= 15 is 0 Å². The Morgan fingerprint density at radius 1 is 1.13 bits per heavy atom. The van der Waals surface area contributed by atoms with Crippen molar-refractivity contribution >= 4 is 21.9 Å². The Morgan fingerprint density at radius 3 is 2.74 bits per heavy atom. The Bertz CT molecular complexity index is 1060. The van der Waals surface area contributed by atoms with Crippen molar-refractivity contribution in [1.29, 1.82) is 0 Å². The largest absolute Gasteiger partial charge is 0.421 e. The summed E-state index contributed by atoms with van der Waals surface area (Å²) in [5.74, 6) is 1.79. The lowest BCUT2D eigenvalue weighted by Crippen LogP contribution is -1.89. The molecule has 0 unspecified atom stereocenters. The first-order chi connectivity index (χ1) is 11.2. The van der Waals surface area contributed by atoms with Crippen LogP contribution in [-0.4, -0.2) is 20.2 Å². The molecule has 5 heteroatoms. The van der Waals surface area contributed by atoms with Crippen molar-refractivity contribution in [1.82, 2.24) is 20.2 Å². The van der Waals surface area contributed by atoms with E-state index in [2.05, 4.69) is 39.4 Å². The molecule has 0 amide bonds.